The predicted molar refractivity (Wildman–Crippen MR) is 59.7 cm³/mol. The van der Waals surface area contributed by atoms with E-state index in [1.165, 1.54) is 0 Å². The molecule has 0 aliphatic carbocycles. The molecule has 0 aliphatic heterocycles. The first-order valence-corrected chi connectivity index (χ1v) is 4.69. The van der Waals surface area contributed by atoms with E-state index in [-0.39, 0.29) is 6.54 Å². The summed E-state index contributed by atoms with van der Waals surface area (Å²) in [5.74, 6) is 0. The molecule has 0 radical (unpaired) electrons. The Morgan fingerprint density at radius 1 is 1.47 bits per heavy atom. The summed E-state index contributed by atoms with van der Waals surface area (Å²) in [6.45, 7) is 0.552. The fraction of sp³-hybridized carbons (Fsp3) is 0.400. The summed E-state index contributed by atoms with van der Waals surface area (Å²) in [7, 11) is 1.88. The van der Waals surface area contributed by atoms with E-state index in [1.807, 2.05) is 42.3 Å². The predicted octanol–water partition coefficient (Wildman–Crippen LogP) is 1.79. The van der Waals surface area contributed by atoms with Gasteiger partial charge in [0.2, 0.25) is 0 Å². The van der Waals surface area contributed by atoms with Crippen molar-refractivity contribution < 1.29 is 5.11 Å². The van der Waals surface area contributed by atoms with Gasteiger partial charge in [-0.1, -0.05) is 23.3 Å². The lowest BCUT2D eigenvalue weighted by atomic mass is 10.2. The highest BCUT2D eigenvalue weighted by atomic mass is 16.3. The van der Waals surface area contributed by atoms with Crippen LogP contribution in [0.15, 0.2) is 35.4 Å². The molecule has 0 saturated carbocycles. The van der Waals surface area contributed by atoms with Crippen molar-refractivity contribution in [2.24, 2.45) is 5.11 Å². The first-order valence-electron chi connectivity index (χ1n) is 4.69. The molecule has 0 heterocycles. The van der Waals surface area contributed by atoms with Gasteiger partial charge < -0.3 is 10.0 Å². The van der Waals surface area contributed by atoms with Crippen LogP contribution >= 0.6 is 0 Å². The topological polar surface area (TPSA) is 72.2 Å². The number of benzene rings is 1. The Hall–Kier alpha value is -1.71. The highest BCUT2D eigenvalue weighted by Crippen LogP contribution is 2.10. The van der Waals surface area contributed by atoms with Gasteiger partial charge in [0.1, 0.15) is 0 Å². The zero-order valence-electron chi connectivity index (χ0n) is 8.61. The number of nitrogens with zero attached hydrogens (tertiary/aromatic N) is 4. The van der Waals surface area contributed by atoms with Crippen molar-refractivity contribution in [2.45, 2.75) is 6.10 Å². The van der Waals surface area contributed by atoms with E-state index < -0.39 is 6.10 Å². The van der Waals surface area contributed by atoms with Crippen molar-refractivity contribution in [1.82, 2.24) is 0 Å². The van der Waals surface area contributed by atoms with Crippen molar-refractivity contribution in [1.29, 1.82) is 0 Å². The first-order chi connectivity index (χ1) is 7.24. The van der Waals surface area contributed by atoms with Crippen LogP contribution in [-0.2, 0) is 0 Å². The number of azide groups is 1. The lowest BCUT2D eigenvalue weighted by Gasteiger charge is -2.21. The average molecular weight is 206 g/mol. The van der Waals surface area contributed by atoms with E-state index in [0.717, 1.165) is 5.69 Å². The largest absolute Gasteiger partial charge is 0.391 e. The molecule has 1 aromatic rings. The Morgan fingerprint density at radius 2 is 2.13 bits per heavy atom. The quantitative estimate of drug-likeness (QED) is 0.453. The highest BCUT2D eigenvalue weighted by molar-refractivity contribution is 5.45. The van der Waals surface area contributed by atoms with E-state index in [0.29, 0.717) is 6.54 Å². The molecule has 1 unspecified atom stereocenters. The third kappa shape index (κ3) is 3.89. The molecular weight excluding hydrogens is 192 g/mol. The second-order valence-electron chi connectivity index (χ2n) is 3.28. The fourth-order valence-corrected chi connectivity index (χ4v) is 1.29. The van der Waals surface area contributed by atoms with Gasteiger partial charge in [-0.15, -0.1) is 0 Å². The number of rotatable bonds is 5. The number of aliphatic hydroxyl groups is 1. The van der Waals surface area contributed by atoms with Crippen LogP contribution < -0.4 is 4.90 Å². The lowest BCUT2D eigenvalue weighted by molar-refractivity contribution is 0.189. The van der Waals surface area contributed by atoms with Gasteiger partial charge >= 0.3 is 0 Å². The van der Waals surface area contributed by atoms with Crippen LogP contribution in [0.1, 0.15) is 0 Å². The van der Waals surface area contributed by atoms with Gasteiger partial charge in [0.05, 0.1) is 12.6 Å². The molecule has 1 N–H and O–H groups in total. The van der Waals surface area contributed by atoms with E-state index >= 15 is 0 Å². The zero-order chi connectivity index (χ0) is 11.1. The van der Waals surface area contributed by atoms with Crippen molar-refractivity contribution in [3.8, 4) is 0 Å². The van der Waals surface area contributed by atoms with E-state index in [2.05, 4.69) is 10.0 Å². The third-order valence-corrected chi connectivity index (χ3v) is 2.04. The molecule has 1 rings (SSSR count). The number of likely N-dealkylation sites (N-methyl/N-ethyl adjacent to an activating group) is 1. The van der Waals surface area contributed by atoms with Crippen LogP contribution in [0.3, 0.4) is 0 Å². The van der Waals surface area contributed by atoms with Gasteiger partial charge in [-0.3, -0.25) is 0 Å². The fourth-order valence-electron chi connectivity index (χ4n) is 1.29. The SMILES string of the molecule is CN(CC(O)CN=[N+]=[N-])c1ccccc1. The summed E-state index contributed by atoms with van der Waals surface area (Å²) in [4.78, 5) is 4.52. The molecule has 80 valence electrons. The molecule has 0 saturated heterocycles. The van der Waals surface area contributed by atoms with Gasteiger partial charge in [-0.2, -0.15) is 0 Å². The van der Waals surface area contributed by atoms with Gasteiger partial charge in [0.15, 0.2) is 0 Å². The molecule has 0 fully saturated rings. The highest BCUT2D eigenvalue weighted by Gasteiger charge is 2.07. The Bertz CT molecular complexity index is 335. The second-order valence-corrected chi connectivity index (χ2v) is 3.28. The molecule has 15 heavy (non-hydrogen) atoms. The minimum Gasteiger partial charge on any atom is -0.391 e. The molecular formula is C10H14N4O. The molecule has 0 bridgehead atoms. The Labute approximate surface area is 88.6 Å². The number of para-hydroxylation sites is 1. The Kier molecular flexibility index (Phi) is 4.47. The molecule has 0 spiro atoms. The number of hydrogen-bond donors (Lipinski definition) is 1. The maximum absolute atomic E-state index is 9.51. The monoisotopic (exact) mass is 206 g/mol. The van der Waals surface area contributed by atoms with Crippen LogP contribution in [-0.4, -0.2) is 31.3 Å². The van der Waals surface area contributed by atoms with E-state index in [9.17, 15) is 5.11 Å². The summed E-state index contributed by atoms with van der Waals surface area (Å²) in [6.07, 6.45) is -0.633. The van der Waals surface area contributed by atoms with Crippen molar-refractivity contribution >= 4 is 5.69 Å². The number of aliphatic hydroxyl groups excluding tert-OH is 1. The lowest BCUT2D eigenvalue weighted by Crippen LogP contribution is -2.30. The van der Waals surface area contributed by atoms with Crippen LogP contribution in [0.2, 0.25) is 0 Å². The maximum atomic E-state index is 9.51. The molecule has 0 amide bonds. The summed E-state index contributed by atoms with van der Waals surface area (Å²) in [6, 6.07) is 9.73. The summed E-state index contributed by atoms with van der Waals surface area (Å²) in [5, 5.41) is 12.8. The van der Waals surface area contributed by atoms with E-state index in [1.54, 1.807) is 0 Å². The van der Waals surface area contributed by atoms with Crippen molar-refractivity contribution in [2.75, 3.05) is 25.0 Å². The minimum atomic E-state index is -0.633. The zero-order valence-corrected chi connectivity index (χ0v) is 8.61. The van der Waals surface area contributed by atoms with Crippen LogP contribution in [0, 0.1) is 0 Å². The van der Waals surface area contributed by atoms with Gasteiger partial charge in [0, 0.05) is 24.2 Å². The molecule has 1 atom stereocenters. The standard InChI is InChI=1S/C10H14N4O/c1-14(8-10(15)7-12-13-11)9-5-3-2-4-6-9/h2-6,10,15H,7-8H2,1H3. The maximum Gasteiger partial charge on any atom is 0.0771 e. The molecule has 0 aliphatic rings. The molecule has 5 nitrogen and oxygen atoms in total. The average Bonchev–Trinajstić information content (AvgIpc) is 2.27. The number of hydrogen-bond acceptors (Lipinski definition) is 3. The minimum absolute atomic E-state index is 0.105. The Morgan fingerprint density at radius 3 is 2.73 bits per heavy atom. The normalized spacial score (nSPS) is 11.6. The van der Waals surface area contributed by atoms with Crippen molar-refractivity contribution in [3.05, 3.63) is 40.8 Å². The first kappa shape index (κ1) is 11.4. The Balaban J connectivity index is 2.48. The van der Waals surface area contributed by atoms with Crippen LogP contribution in [0.4, 0.5) is 5.69 Å². The van der Waals surface area contributed by atoms with Gasteiger partial charge in [-0.05, 0) is 17.7 Å². The third-order valence-electron chi connectivity index (χ3n) is 2.04. The summed E-state index contributed by atoms with van der Waals surface area (Å²) >= 11 is 0. The van der Waals surface area contributed by atoms with Crippen LogP contribution in [0.25, 0.3) is 10.4 Å². The molecule has 5 heteroatoms. The van der Waals surface area contributed by atoms with E-state index in [4.69, 9.17) is 5.53 Å². The molecule has 1 aromatic carbocycles. The van der Waals surface area contributed by atoms with Crippen molar-refractivity contribution in [3.63, 3.8) is 0 Å². The molecule has 0 aromatic heterocycles. The summed E-state index contributed by atoms with van der Waals surface area (Å²) in [5.41, 5.74) is 9.13. The van der Waals surface area contributed by atoms with Gasteiger partial charge in [-0.25, -0.2) is 0 Å². The summed E-state index contributed by atoms with van der Waals surface area (Å²) < 4.78 is 0. The number of anilines is 1. The van der Waals surface area contributed by atoms with Crippen LogP contribution in [0.5, 0.6) is 0 Å². The second kappa shape index (κ2) is 5.90. The smallest absolute Gasteiger partial charge is 0.0771 e. The van der Waals surface area contributed by atoms with Gasteiger partial charge in [0.25, 0.3) is 0 Å².